The number of urea groups is 1. The third-order valence-corrected chi connectivity index (χ3v) is 6.05. The van der Waals surface area contributed by atoms with Gasteiger partial charge in [-0.15, -0.1) is 10.2 Å². The molecule has 0 spiro atoms. The van der Waals surface area contributed by atoms with Crippen molar-refractivity contribution in [3.05, 3.63) is 63.9 Å². The van der Waals surface area contributed by atoms with Gasteiger partial charge < -0.3 is 15.2 Å². The SMILES string of the molecule is CCCCCCNC(=O)Nc1ccc(-c2nnc(CCc3c(Cl)cccc3Cl)n2C)cc1. The predicted octanol–water partition coefficient (Wildman–Crippen LogP) is 6.28. The van der Waals surface area contributed by atoms with E-state index in [1.807, 2.05) is 54.1 Å². The van der Waals surface area contributed by atoms with Crippen LogP contribution in [0, 0.1) is 0 Å². The Balaban J connectivity index is 1.57. The maximum Gasteiger partial charge on any atom is 0.319 e. The summed E-state index contributed by atoms with van der Waals surface area (Å²) in [5.74, 6) is 1.61. The average Bonchev–Trinajstić information content (AvgIpc) is 3.14. The van der Waals surface area contributed by atoms with Crippen molar-refractivity contribution < 1.29 is 4.79 Å². The topological polar surface area (TPSA) is 71.8 Å². The van der Waals surface area contributed by atoms with Crippen LogP contribution in [0.15, 0.2) is 42.5 Å². The molecule has 0 aliphatic rings. The van der Waals surface area contributed by atoms with E-state index in [4.69, 9.17) is 23.2 Å². The summed E-state index contributed by atoms with van der Waals surface area (Å²) in [6, 6.07) is 12.9. The summed E-state index contributed by atoms with van der Waals surface area (Å²) in [4.78, 5) is 12.0. The quantitative estimate of drug-likeness (QED) is 0.340. The minimum Gasteiger partial charge on any atom is -0.338 e. The molecule has 0 atom stereocenters. The summed E-state index contributed by atoms with van der Waals surface area (Å²) in [5, 5.41) is 15.8. The Labute approximate surface area is 199 Å². The zero-order valence-corrected chi connectivity index (χ0v) is 20.0. The molecule has 0 saturated heterocycles. The molecule has 3 aromatic rings. The largest absolute Gasteiger partial charge is 0.338 e. The highest BCUT2D eigenvalue weighted by atomic mass is 35.5. The molecule has 0 radical (unpaired) electrons. The normalized spacial score (nSPS) is 10.9. The molecule has 8 heteroatoms. The Bertz CT molecular complexity index is 1010. The van der Waals surface area contributed by atoms with Gasteiger partial charge in [0.1, 0.15) is 5.82 Å². The van der Waals surface area contributed by atoms with Crippen molar-refractivity contribution in [2.45, 2.75) is 45.4 Å². The van der Waals surface area contributed by atoms with E-state index in [0.29, 0.717) is 29.4 Å². The Kier molecular flexibility index (Phi) is 8.94. The van der Waals surface area contributed by atoms with Crippen LogP contribution in [0.4, 0.5) is 10.5 Å². The molecular weight excluding hydrogens is 445 g/mol. The van der Waals surface area contributed by atoms with Crippen LogP contribution in [0.3, 0.4) is 0 Å². The van der Waals surface area contributed by atoms with E-state index >= 15 is 0 Å². The maximum atomic E-state index is 12.0. The number of unbranched alkanes of at least 4 members (excludes halogenated alkanes) is 3. The first-order chi connectivity index (χ1) is 15.5. The second kappa shape index (κ2) is 11.9. The first-order valence-corrected chi connectivity index (χ1v) is 11.7. The second-order valence-corrected chi connectivity index (χ2v) is 8.53. The minimum atomic E-state index is -0.187. The molecule has 0 unspecified atom stereocenters. The van der Waals surface area contributed by atoms with Gasteiger partial charge in [0, 0.05) is 41.3 Å². The molecule has 0 aliphatic carbocycles. The summed E-state index contributed by atoms with van der Waals surface area (Å²) in [7, 11) is 1.94. The van der Waals surface area contributed by atoms with Crippen molar-refractivity contribution in [3.8, 4) is 11.4 Å². The number of amides is 2. The van der Waals surface area contributed by atoms with Gasteiger partial charge in [0.15, 0.2) is 5.82 Å². The lowest BCUT2D eigenvalue weighted by Gasteiger charge is -2.09. The first-order valence-electron chi connectivity index (χ1n) is 11.0. The predicted molar refractivity (Wildman–Crippen MR) is 131 cm³/mol. The zero-order valence-electron chi connectivity index (χ0n) is 18.5. The van der Waals surface area contributed by atoms with E-state index in [1.54, 1.807) is 0 Å². The maximum absolute atomic E-state index is 12.0. The van der Waals surface area contributed by atoms with Crippen molar-refractivity contribution in [3.63, 3.8) is 0 Å². The van der Waals surface area contributed by atoms with Crippen LogP contribution in [-0.2, 0) is 19.9 Å². The van der Waals surface area contributed by atoms with Gasteiger partial charge in [-0.2, -0.15) is 0 Å². The number of anilines is 1. The molecule has 32 heavy (non-hydrogen) atoms. The molecule has 2 N–H and O–H groups in total. The Morgan fingerprint density at radius 2 is 1.69 bits per heavy atom. The smallest absolute Gasteiger partial charge is 0.319 e. The fraction of sp³-hybridized carbons (Fsp3) is 0.375. The number of carbonyl (C=O) groups excluding carboxylic acids is 1. The van der Waals surface area contributed by atoms with Crippen LogP contribution in [0.1, 0.15) is 44.0 Å². The van der Waals surface area contributed by atoms with Crippen molar-refractivity contribution in [2.24, 2.45) is 7.05 Å². The highest BCUT2D eigenvalue weighted by Gasteiger charge is 2.13. The van der Waals surface area contributed by atoms with Gasteiger partial charge in [0.2, 0.25) is 0 Å². The number of nitrogens with one attached hydrogen (secondary N) is 2. The molecule has 6 nitrogen and oxygen atoms in total. The summed E-state index contributed by atoms with van der Waals surface area (Å²) < 4.78 is 1.97. The number of hydrogen-bond donors (Lipinski definition) is 2. The molecule has 2 aromatic carbocycles. The van der Waals surface area contributed by atoms with Gasteiger partial charge in [-0.1, -0.05) is 55.5 Å². The number of halogens is 2. The van der Waals surface area contributed by atoms with E-state index in [9.17, 15) is 4.79 Å². The third-order valence-electron chi connectivity index (χ3n) is 5.34. The van der Waals surface area contributed by atoms with Gasteiger partial charge in [-0.05, 0) is 54.8 Å². The van der Waals surface area contributed by atoms with Gasteiger partial charge in [-0.25, -0.2) is 4.79 Å². The summed E-state index contributed by atoms with van der Waals surface area (Å²) in [6.45, 7) is 2.85. The summed E-state index contributed by atoms with van der Waals surface area (Å²) >= 11 is 12.5. The van der Waals surface area contributed by atoms with Crippen LogP contribution in [0.2, 0.25) is 10.0 Å². The van der Waals surface area contributed by atoms with E-state index < -0.39 is 0 Å². The molecule has 1 aromatic heterocycles. The molecule has 1 heterocycles. The van der Waals surface area contributed by atoms with Crippen LogP contribution in [0.5, 0.6) is 0 Å². The van der Waals surface area contributed by atoms with Crippen molar-refractivity contribution in [1.82, 2.24) is 20.1 Å². The molecule has 170 valence electrons. The van der Waals surface area contributed by atoms with Crippen molar-refractivity contribution in [2.75, 3.05) is 11.9 Å². The number of rotatable bonds is 10. The lowest BCUT2D eigenvalue weighted by atomic mass is 10.1. The average molecular weight is 474 g/mol. The number of benzene rings is 2. The number of aromatic nitrogens is 3. The van der Waals surface area contributed by atoms with Crippen LogP contribution >= 0.6 is 23.2 Å². The molecule has 0 bridgehead atoms. The van der Waals surface area contributed by atoms with E-state index in [-0.39, 0.29) is 6.03 Å². The molecule has 0 saturated carbocycles. The first kappa shape index (κ1) is 24.1. The third kappa shape index (κ3) is 6.47. The van der Waals surface area contributed by atoms with E-state index in [2.05, 4.69) is 27.8 Å². The standard InChI is InChI=1S/C24H29Cl2N5O/c1-3-4-5-6-16-27-24(32)28-18-12-10-17(11-13-18)23-30-29-22(31(23)2)15-14-19-20(25)8-7-9-21(19)26/h7-13H,3-6,14-16H2,1-2H3,(H2,27,28,32). The van der Waals surface area contributed by atoms with E-state index in [1.165, 1.54) is 12.8 Å². The number of hydrogen-bond acceptors (Lipinski definition) is 3. The van der Waals surface area contributed by atoms with Crippen molar-refractivity contribution in [1.29, 1.82) is 0 Å². The molecule has 2 amide bonds. The van der Waals surface area contributed by atoms with E-state index in [0.717, 1.165) is 41.3 Å². The molecule has 3 rings (SSSR count). The molecular formula is C24H29Cl2N5O. The molecule has 0 fully saturated rings. The number of nitrogens with zero attached hydrogens (tertiary/aromatic N) is 3. The fourth-order valence-corrected chi connectivity index (χ4v) is 4.06. The highest BCUT2D eigenvalue weighted by Crippen LogP contribution is 2.26. The fourth-order valence-electron chi connectivity index (χ4n) is 3.47. The van der Waals surface area contributed by atoms with Gasteiger partial charge in [0.25, 0.3) is 0 Å². The summed E-state index contributed by atoms with van der Waals surface area (Å²) in [5.41, 5.74) is 2.57. The Morgan fingerprint density at radius 1 is 0.969 bits per heavy atom. The van der Waals surface area contributed by atoms with Crippen LogP contribution < -0.4 is 10.6 Å². The monoisotopic (exact) mass is 473 g/mol. The van der Waals surface area contributed by atoms with Gasteiger partial charge >= 0.3 is 6.03 Å². The van der Waals surface area contributed by atoms with Gasteiger partial charge in [-0.3, -0.25) is 0 Å². The van der Waals surface area contributed by atoms with Gasteiger partial charge in [0.05, 0.1) is 0 Å². The Morgan fingerprint density at radius 3 is 2.38 bits per heavy atom. The lowest BCUT2D eigenvalue weighted by Crippen LogP contribution is -2.29. The highest BCUT2D eigenvalue weighted by molar-refractivity contribution is 6.35. The lowest BCUT2D eigenvalue weighted by molar-refractivity contribution is 0.252. The Hall–Kier alpha value is -2.57. The minimum absolute atomic E-state index is 0.187. The summed E-state index contributed by atoms with van der Waals surface area (Å²) in [6.07, 6.45) is 5.86. The number of aryl methyl sites for hydroxylation is 1. The zero-order chi connectivity index (χ0) is 22.9. The van der Waals surface area contributed by atoms with Crippen LogP contribution in [-0.4, -0.2) is 27.3 Å². The number of carbonyl (C=O) groups is 1. The molecule has 0 aliphatic heterocycles. The van der Waals surface area contributed by atoms with Crippen molar-refractivity contribution >= 4 is 34.9 Å². The second-order valence-electron chi connectivity index (χ2n) is 7.72. The van der Waals surface area contributed by atoms with Crippen LogP contribution in [0.25, 0.3) is 11.4 Å².